The van der Waals surface area contributed by atoms with E-state index in [0.29, 0.717) is 32.9 Å². The number of urea groups is 1. The number of hydrogen-bond donors (Lipinski definition) is 1. The number of nitrogens with zero attached hydrogens (tertiary/aromatic N) is 2. The fourth-order valence-electron chi connectivity index (χ4n) is 1.50. The van der Waals surface area contributed by atoms with Gasteiger partial charge in [-0.15, -0.1) is 0 Å². The summed E-state index contributed by atoms with van der Waals surface area (Å²) in [5, 5.41) is 2.63. The first kappa shape index (κ1) is 12.5. The summed E-state index contributed by atoms with van der Waals surface area (Å²) < 4.78 is 4.90. The summed E-state index contributed by atoms with van der Waals surface area (Å²) in [6.07, 6.45) is 1.21. The fourth-order valence-corrected chi connectivity index (χ4v) is 1.50. The maximum atomic E-state index is 11.7. The molecule has 90 valence electrons. The van der Waals surface area contributed by atoms with Gasteiger partial charge >= 0.3 is 6.03 Å². The molecule has 1 aliphatic heterocycles. The maximum absolute atomic E-state index is 11.7. The van der Waals surface area contributed by atoms with Gasteiger partial charge in [-0.2, -0.15) is 0 Å². The summed E-state index contributed by atoms with van der Waals surface area (Å²) in [6.45, 7) is 5.95. The van der Waals surface area contributed by atoms with Crippen LogP contribution in [0.25, 0.3) is 0 Å². The monoisotopic (exact) mass is 227 g/mol. The minimum absolute atomic E-state index is 0.0466. The molecule has 1 saturated heterocycles. The lowest BCUT2D eigenvalue weighted by Gasteiger charge is -2.17. The smallest absolute Gasteiger partial charge is 0.322 e. The average Bonchev–Trinajstić information content (AvgIpc) is 2.62. The number of nitrogens with one attached hydrogen (secondary N) is 1. The van der Waals surface area contributed by atoms with Crippen molar-refractivity contribution < 1.29 is 14.3 Å². The molecule has 0 bridgehead atoms. The quantitative estimate of drug-likeness (QED) is 0.630. The number of carbonyl (C=O) groups is 2. The Morgan fingerprint density at radius 2 is 2.25 bits per heavy atom. The summed E-state index contributed by atoms with van der Waals surface area (Å²) in [5.74, 6) is -0.222. The van der Waals surface area contributed by atoms with Crippen LogP contribution in [0.5, 0.6) is 0 Å². The van der Waals surface area contributed by atoms with Crippen LogP contribution in [0.2, 0.25) is 0 Å². The van der Waals surface area contributed by atoms with Gasteiger partial charge in [-0.05, 0) is 6.08 Å². The molecule has 0 spiro atoms. The number of ether oxygens (including phenoxy) is 1. The number of carbonyl (C=O) groups excluding carboxylic acids is 2. The van der Waals surface area contributed by atoms with Crippen molar-refractivity contribution in [3.05, 3.63) is 12.7 Å². The predicted molar refractivity (Wildman–Crippen MR) is 58.8 cm³/mol. The molecule has 1 rings (SSSR count). The van der Waals surface area contributed by atoms with Gasteiger partial charge in [0, 0.05) is 33.3 Å². The molecule has 0 saturated carbocycles. The number of amides is 3. The van der Waals surface area contributed by atoms with Gasteiger partial charge in [-0.25, -0.2) is 4.79 Å². The van der Waals surface area contributed by atoms with Gasteiger partial charge in [0.25, 0.3) is 0 Å². The van der Waals surface area contributed by atoms with Crippen LogP contribution in [-0.4, -0.2) is 61.8 Å². The van der Waals surface area contributed by atoms with Gasteiger partial charge in [0.1, 0.15) is 6.73 Å². The first-order chi connectivity index (χ1) is 7.69. The van der Waals surface area contributed by atoms with Crippen LogP contribution in [0.4, 0.5) is 4.79 Å². The van der Waals surface area contributed by atoms with E-state index in [4.69, 9.17) is 4.74 Å². The molecule has 0 aromatic heterocycles. The standard InChI is InChI=1S/C10H17N3O3/c1-3-9(14)11-4-5-12-6-7-13(8-16-2)10(12)15/h3H,1,4-8H2,2H3,(H,11,14). The Morgan fingerprint density at radius 3 is 2.88 bits per heavy atom. The lowest BCUT2D eigenvalue weighted by molar-refractivity contribution is -0.116. The van der Waals surface area contributed by atoms with Crippen molar-refractivity contribution in [3.63, 3.8) is 0 Å². The SMILES string of the molecule is C=CC(=O)NCCN1CCN(COC)C1=O. The highest BCUT2D eigenvalue weighted by Gasteiger charge is 2.27. The summed E-state index contributed by atoms with van der Waals surface area (Å²) in [4.78, 5) is 25.9. The third kappa shape index (κ3) is 3.23. The minimum atomic E-state index is -0.222. The first-order valence-electron chi connectivity index (χ1n) is 5.12. The zero-order chi connectivity index (χ0) is 12.0. The average molecular weight is 227 g/mol. The highest BCUT2D eigenvalue weighted by Crippen LogP contribution is 2.07. The van der Waals surface area contributed by atoms with E-state index in [2.05, 4.69) is 11.9 Å². The number of hydrogen-bond acceptors (Lipinski definition) is 3. The number of rotatable bonds is 6. The van der Waals surface area contributed by atoms with Crippen LogP contribution in [0, 0.1) is 0 Å². The lowest BCUT2D eigenvalue weighted by Crippen LogP contribution is -2.38. The molecule has 0 radical (unpaired) electrons. The van der Waals surface area contributed by atoms with E-state index >= 15 is 0 Å². The van der Waals surface area contributed by atoms with Gasteiger partial charge in [-0.3, -0.25) is 9.69 Å². The van der Waals surface area contributed by atoms with Gasteiger partial charge < -0.3 is 15.0 Å². The number of methoxy groups -OCH3 is 1. The molecule has 16 heavy (non-hydrogen) atoms. The zero-order valence-electron chi connectivity index (χ0n) is 9.44. The first-order valence-corrected chi connectivity index (χ1v) is 5.12. The predicted octanol–water partition coefficient (Wildman–Crippen LogP) is -0.370. The van der Waals surface area contributed by atoms with Crippen molar-refractivity contribution in [1.29, 1.82) is 0 Å². The molecular formula is C10H17N3O3. The lowest BCUT2D eigenvalue weighted by atomic mass is 10.5. The second-order valence-electron chi connectivity index (χ2n) is 3.45. The van der Waals surface area contributed by atoms with Crippen molar-refractivity contribution in [3.8, 4) is 0 Å². The molecule has 0 aliphatic carbocycles. The summed E-state index contributed by atoms with van der Waals surface area (Å²) in [5.41, 5.74) is 0. The van der Waals surface area contributed by atoms with Gasteiger partial charge in [0.15, 0.2) is 0 Å². The molecule has 0 unspecified atom stereocenters. The maximum Gasteiger partial charge on any atom is 0.322 e. The van der Waals surface area contributed by atoms with E-state index < -0.39 is 0 Å². The fraction of sp³-hybridized carbons (Fsp3) is 0.600. The molecule has 1 heterocycles. The highest BCUT2D eigenvalue weighted by molar-refractivity contribution is 5.86. The van der Waals surface area contributed by atoms with Crippen LogP contribution in [0.1, 0.15) is 0 Å². The molecule has 0 aromatic carbocycles. The Labute approximate surface area is 94.8 Å². The summed E-state index contributed by atoms with van der Waals surface area (Å²) >= 11 is 0. The molecule has 0 atom stereocenters. The van der Waals surface area contributed by atoms with Crippen LogP contribution < -0.4 is 5.32 Å². The zero-order valence-corrected chi connectivity index (χ0v) is 9.44. The summed E-state index contributed by atoms with van der Waals surface area (Å²) in [6, 6.07) is -0.0466. The highest BCUT2D eigenvalue weighted by atomic mass is 16.5. The van der Waals surface area contributed by atoms with Crippen LogP contribution >= 0.6 is 0 Å². The Bertz CT molecular complexity index is 280. The van der Waals surface area contributed by atoms with Gasteiger partial charge in [0.05, 0.1) is 0 Å². The van der Waals surface area contributed by atoms with Crippen molar-refractivity contribution in [2.75, 3.05) is 40.0 Å². The third-order valence-electron chi connectivity index (χ3n) is 2.33. The van der Waals surface area contributed by atoms with Gasteiger partial charge in [-0.1, -0.05) is 6.58 Å². The minimum Gasteiger partial charge on any atom is -0.364 e. The molecular weight excluding hydrogens is 210 g/mol. The molecule has 1 N–H and O–H groups in total. The van der Waals surface area contributed by atoms with E-state index in [1.807, 2.05) is 0 Å². The van der Waals surface area contributed by atoms with Crippen molar-refractivity contribution in [2.24, 2.45) is 0 Å². The van der Waals surface area contributed by atoms with Crippen molar-refractivity contribution in [2.45, 2.75) is 0 Å². The Hall–Kier alpha value is -1.56. The Balaban J connectivity index is 2.26. The molecule has 3 amide bonds. The van der Waals surface area contributed by atoms with E-state index in [0.717, 1.165) is 0 Å². The second kappa shape index (κ2) is 6.12. The van der Waals surface area contributed by atoms with Crippen molar-refractivity contribution >= 4 is 11.9 Å². The molecule has 1 fully saturated rings. The van der Waals surface area contributed by atoms with E-state index in [1.165, 1.54) is 6.08 Å². The second-order valence-corrected chi connectivity index (χ2v) is 3.45. The Kier molecular flexibility index (Phi) is 4.78. The Morgan fingerprint density at radius 1 is 1.56 bits per heavy atom. The van der Waals surface area contributed by atoms with Gasteiger partial charge in [0.2, 0.25) is 5.91 Å². The van der Waals surface area contributed by atoms with Crippen molar-refractivity contribution in [1.82, 2.24) is 15.1 Å². The van der Waals surface area contributed by atoms with Crippen LogP contribution in [-0.2, 0) is 9.53 Å². The largest absolute Gasteiger partial charge is 0.364 e. The normalized spacial score (nSPS) is 15.4. The van der Waals surface area contributed by atoms with Crippen LogP contribution in [0.15, 0.2) is 12.7 Å². The molecule has 1 aliphatic rings. The van der Waals surface area contributed by atoms with Crippen LogP contribution in [0.3, 0.4) is 0 Å². The van der Waals surface area contributed by atoms with E-state index in [-0.39, 0.29) is 11.9 Å². The van der Waals surface area contributed by atoms with E-state index in [9.17, 15) is 9.59 Å². The summed E-state index contributed by atoms with van der Waals surface area (Å²) in [7, 11) is 1.56. The molecule has 6 heteroatoms. The molecule has 6 nitrogen and oxygen atoms in total. The molecule has 0 aromatic rings. The van der Waals surface area contributed by atoms with E-state index in [1.54, 1.807) is 16.9 Å². The third-order valence-corrected chi connectivity index (χ3v) is 2.33. The topological polar surface area (TPSA) is 61.9 Å².